The van der Waals surface area contributed by atoms with E-state index in [2.05, 4.69) is 10.5 Å². The fraction of sp³-hybridized carbons (Fsp3) is 0.273. The van der Waals surface area contributed by atoms with Gasteiger partial charge in [0.25, 0.3) is 5.91 Å². The maximum Gasteiger partial charge on any atom is 0.276 e. The predicted molar refractivity (Wildman–Crippen MR) is 112 cm³/mol. The summed E-state index contributed by atoms with van der Waals surface area (Å²) in [7, 11) is 1.66. The lowest BCUT2D eigenvalue weighted by molar-refractivity contribution is 0.0708. The Bertz CT molecular complexity index is 996. The zero-order valence-corrected chi connectivity index (χ0v) is 16.9. The van der Waals surface area contributed by atoms with E-state index in [1.807, 2.05) is 41.3 Å². The average Bonchev–Trinajstić information content (AvgIpc) is 3.24. The Morgan fingerprint density at radius 1 is 1.17 bits per heavy atom. The van der Waals surface area contributed by atoms with Crippen molar-refractivity contribution in [3.8, 4) is 17.1 Å². The maximum absolute atomic E-state index is 12.8. The van der Waals surface area contributed by atoms with Gasteiger partial charge in [-0.1, -0.05) is 35.0 Å². The molecule has 29 heavy (non-hydrogen) atoms. The molecule has 4 rings (SSSR count). The van der Waals surface area contributed by atoms with Gasteiger partial charge in [-0.15, -0.1) is 0 Å². The molecule has 0 bridgehead atoms. The number of ether oxygens (including phenoxy) is 1. The molecule has 1 fully saturated rings. The molecule has 0 atom stereocenters. The number of carbonyl (C=O) groups excluding carboxylic acids is 1. The first-order chi connectivity index (χ1) is 14.1. The molecule has 1 aliphatic rings. The highest BCUT2D eigenvalue weighted by Gasteiger charge is 2.26. The number of benzene rings is 2. The Morgan fingerprint density at radius 3 is 2.72 bits per heavy atom. The van der Waals surface area contributed by atoms with Crippen LogP contribution < -0.4 is 10.1 Å². The van der Waals surface area contributed by atoms with Gasteiger partial charge in [-0.05, 0) is 37.1 Å². The van der Waals surface area contributed by atoms with Crippen LogP contribution in [0.15, 0.2) is 59.1 Å². The molecule has 1 aliphatic heterocycles. The molecule has 0 saturated carbocycles. The van der Waals surface area contributed by atoms with Crippen molar-refractivity contribution in [2.75, 3.05) is 25.5 Å². The third-order valence-corrected chi connectivity index (χ3v) is 5.30. The van der Waals surface area contributed by atoms with E-state index < -0.39 is 0 Å². The van der Waals surface area contributed by atoms with Crippen LogP contribution in [0.5, 0.6) is 5.75 Å². The van der Waals surface area contributed by atoms with Crippen molar-refractivity contribution in [2.24, 2.45) is 0 Å². The van der Waals surface area contributed by atoms with Gasteiger partial charge in [0.2, 0.25) is 0 Å². The molecule has 1 amide bonds. The summed E-state index contributed by atoms with van der Waals surface area (Å²) in [5, 5.41) is 8.09. The standard InChI is InChI=1S/C22H22ClN3O3/c1-28-19-7-3-6-18(13-19)24-17-8-10-26(11-9-17)22(27)20-14-21(29-25-20)15-4-2-5-16(23)12-15/h2-7,12-14,17,24H,8-11H2,1H3. The molecule has 7 heteroatoms. The number of likely N-dealkylation sites (tertiary alicyclic amines) is 1. The number of halogens is 1. The third-order valence-electron chi connectivity index (χ3n) is 5.06. The predicted octanol–water partition coefficient (Wildman–Crippen LogP) is 4.72. The van der Waals surface area contributed by atoms with Crippen LogP contribution in [0.3, 0.4) is 0 Å². The number of piperidine rings is 1. The third kappa shape index (κ3) is 4.54. The second-order valence-corrected chi connectivity index (χ2v) is 7.47. The zero-order valence-electron chi connectivity index (χ0n) is 16.1. The van der Waals surface area contributed by atoms with Crippen molar-refractivity contribution in [3.63, 3.8) is 0 Å². The minimum atomic E-state index is -0.109. The number of anilines is 1. The number of amides is 1. The van der Waals surface area contributed by atoms with E-state index in [9.17, 15) is 4.79 Å². The first-order valence-electron chi connectivity index (χ1n) is 9.55. The second-order valence-electron chi connectivity index (χ2n) is 7.03. The molecule has 2 heterocycles. The lowest BCUT2D eigenvalue weighted by Gasteiger charge is -2.32. The maximum atomic E-state index is 12.8. The normalized spacial score (nSPS) is 14.6. The van der Waals surface area contributed by atoms with Crippen molar-refractivity contribution in [3.05, 3.63) is 65.3 Å². The van der Waals surface area contributed by atoms with Gasteiger partial charge in [0.05, 0.1) is 7.11 Å². The summed E-state index contributed by atoms with van der Waals surface area (Å²) in [6.45, 7) is 1.33. The monoisotopic (exact) mass is 411 g/mol. The number of carbonyl (C=O) groups is 1. The summed E-state index contributed by atoms with van der Waals surface area (Å²) in [5.74, 6) is 1.25. The van der Waals surface area contributed by atoms with Gasteiger partial charge in [0.1, 0.15) is 5.75 Å². The van der Waals surface area contributed by atoms with Crippen LogP contribution in [-0.4, -0.2) is 42.2 Å². The minimum absolute atomic E-state index is 0.109. The number of nitrogens with one attached hydrogen (secondary N) is 1. The minimum Gasteiger partial charge on any atom is -0.497 e. The first kappa shape index (κ1) is 19.3. The largest absolute Gasteiger partial charge is 0.497 e. The van der Waals surface area contributed by atoms with Crippen molar-refractivity contribution < 1.29 is 14.1 Å². The number of hydrogen-bond donors (Lipinski definition) is 1. The van der Waals surface area contributed by atoms with Gasteiger partial charge >= 0.3 is 0 Å². The second kappa shape index (κ2) is 8.57. The van der Waals surface area contributed by atoms with E-state index in [4.69, 9.17) is 20.9 Å². The number of rotatable bonds is 5. The summed E-state index contributed by atoms with van der Waals surface area (Å²) < 4.78 is 10.6. The molecule has 1 saturated heterocycles. The molecule has 3 aromatic rings. The molecule has 0 aliphatic carbocycles. The van der Waals surface area contributed by atoms with E-state index >= 15 is 0 Å². The topological polar surface area (TPSA) is 67.6 Å². The summed E-state index contributed by atoms with van der Waals surface area (Å²) in [5.41, 5.74) is 2.14. The number of nitrogens with zero attached hydrogens (tertiary/aromatic N) is 2. The first-order valence-corrected chi connectivity index (χ1v) is 9.93. The molecule has 1 aromatic heterocycles. The van der Waals surface area contributed by atoms with Gasteiger partial charge in [-0.25, -0.2) is 0 Å². The van der Waals surface area contributed by atoms with Crippen molar-refractivity contribution >= 4 is 23.2 Å². The van der Waals surface area contributed by atoms with Gasteiger partial charge in [-0.2, -0.15) is 0 Å². The van der Waals surface area contributed by atoms with E-state index in [0.29, 0.717) is 35.6 Å². The molecule has 2 aromatic carbocycles. The molecule has 0 radical (unpaired) electrons. The van der Waals surface area contributed by atoms with E-state index in [1.54, 1.807) is 25.3 Å². The van der Waals surface area contributed by atoms with E-state index in [0.717, 1.165) is 29.8 Å². The SMILES string of the molecule is COc1cccc(NC2CCN(C(=O)c3cc(-c4cccc(Cl)c4)on3)CC2)c1. The Balaban J connectivity index is 1.35. The summed E-state index contributed by atoms with van der Waals surface area (Å²) in [6.07, 6.45) is 1.73. The van der Waals surface area contributed by atoms with Crippen LogP contribution >= 0.6 is 11.6 Å². The summed E-state index contributed by atoms with van der Waals surface area (Å²) in [4.78, 5) is 14.6. The molecule has 0 unspecified atom stereocenters. The van der Waals surface area contributed by atoms with Crippen molar-refractivity contribution in [1.82, 2.24) is 10.1 Å². The van der Waals surface area contributed by atoms with Crippen LogP contribution in [0, 0.1) is 0 Å². The number of methoxy groups -OCH3 is 1. The average molecular weight is 412 g/mol. The van der Waals surface area contributed by atoms with Crippen molar-refractivity contribution in [2.45, 2.75) is 18.9 Å². The Labute approximate surface area is 174 Å². The zero-order chi connectivity index (χ0) is 20.2. The molecule has 1 N–H and O–H groups in total. The quantitative estimate of drug-likeness (QED) is 0.657. The highest BCUT2D eigenvalue weighted by Crippen LogP contribution is 2.25. The van der Waals surface area contributed by atoms with Gasteiger partial charge in [0, 0.05) is 47.5 Å². The van der Waals surface area contributed by atoms with E-state index in [-0.39, 0.29) is 5.91 Å². The lowest BCUT2D eigenvalue weighted by Crippen LogP contribution is -2.42. The van der Waals surface area contributed by atoms with Crippen LogP contribution in [0.1, 0.15) is 23.3 Å². The fourth-order valence-electron chi connectivity index (χ4n) is 3.49. The molecular weight excluding hydrogens is 390 g/mol. The number of aromatic nitrogens is 1. The molecular formula is C22H22ClN3O3. The molecule has 6 nitrogen and oxygen atoms in total. The molecule has 150 valence electrons. The van der Waals surface area contributed by atoms with Crippen LogP contribution in [0.2, 0.25) is 5.02 Å². The summed E-state index contributed by atoms with van der Waals surface area (Å²) >= 11 is 6.02. The van der Waals surface area contributed by atoms with Crippen LogP contribution in [0.25, 0.3) is 11.3 Å². The van der Waals surface area contributed by atoms with Gasteiger partial charge in [0.15, 0.2) is 11.5 Å². The summed E-state index contributed by atoms with van der Waals surface area (Å²) in [6, 6.07) is 17.1. The highest BCUT2D eigenvalue weighted by molar-refractivity contribution is 6.30. The lowest BCUT2D eigenvalue weighted by atomic mass is 10.0. The molecule has 0 spiro atoms. The van der Waals surface area contributed by atoms with Gasteiger partial charge in [-0.3, -0.25) is 4.79 Å². The fourth-order valence-corrected chi connectivity index (χ4v) is 3.68. The smallest absolute Gasteiger partial charge is 0.276 e. The van der Waals surface area contributed by atoms with Crippen LogP contribution in [0.4, 0.5) is 5.69 Å². The van der Waals surface area contributed by atoms with Gasteiger partial charge < -0.3 is 19.5 Å². The van der Waals surface area contributed by atoms with Crippen LogP contribution in [-0.2, 0) is 0 Å². The Morgan fingerprint density at radius 2 is 1.97 bits per heavy atom. The van der Waals surface area contributed by atoms with E-state index in [1.165, 1.54) is 0 Å². The van der Waals surface area contributed by atoms with Crippen molar-refractivity contribution in [1.29, 1.82) is 0 Å². The Kier molecular flexibility index (Phi) is 5.71. The number of hydrogen-bond acceptors (Lipinski definition) is 5. The highest BCUT2D eigenvalue weighted by atomic mass is 35.5. The Hall–Kier alpha value is -2.99.